The van der Waals surface area contributed by atoms with E-state index in [9.17, 15) is 9.59 Å². The zero-order chi connectivity index (χ0) is 18.9. The number of rotatable bonds is 8. The number of benzene rings is 2. The summed E-state index contributed by atoms with van der Waals surface area (Å²) in [6.45, 7) is 0. The number of ether oxygens (including phenoxy) is 1. The van der Waals surface area contributed by atoms with Crippen molar-refractivity contribution in [2.75, 3.05) is 24.4 Å². The van der Waals surface area contributed by atoms with Crippen LogP contribution in [0.2, 0.25) is 5.02 Å². The van der Waals surface area contributed by atoms with E-state index in [0.717, 1.165) is 5.75 Å². The zero-order valence-electron chi connectivity index (χ0n) is 14.6. The lowest BCUT2D eigenvalue weighted by molar-refractivity contribution is -0.118. The largest absolute Gasteiger partial charge is 0.497 e. The second-order valence-electron chi connectivity index (χ2n) is 5.54. The van der Waals surface area contributed by atoms with Gasteiger partial charge < -0.3 is 15.4 Å². The third-order valence-corrected chi connectivity index (χ3v) is 4.56. The molecule has 2 N–H and O–H groups in total. The predicted octanol–water partition coefficient (Wildman–Crippen LogP) is 3.84. The molecule has 0 bridgehead atoms. The van der Waals surface area contributed by atoms with Crippen molar-refractivity contribution in [3.05, 3.63) is 59.1 Å². The number of amides is 2. The Balaban J connectivity index is 2.07. The Morgan fingerprint density at radius 1 is 1.19 bits per heavy atom. The maximum atomic E-state index is 12.6. The first-order valence-corrected chi connectivity index (χ1v) is 9.81. The molecule has 0 saturated carbocycles. The standard InChI is InChI=1S/C19H21ClN2O3S/c1-25-16-8-6-13(7-9-16)18(23)22-17(10-11-26-2)19(24)21-15-5-3-4-14(20)12-15/h3-9,12,17H,10-11H2,1-2H3,(H,21,24)(H,22,23)/t17-/m0/s1. The third-order valence-electron chi connectivity index (χ3n) is 3.68. The Morgan fingerprint density at radius 2 is 1.92 bits per heavy atom. The van der Waals surface area contributed by atoms with Gasteiger partial charge in [-0.2, -0.15) is 11.8 Å². The van der Waals surface area contributed by atoms with Crippen molar-refractivity contribution in [3.63, 3.8) is 0 Å². The molecular formula is C19H21ClN2O3S. The highest BCUT2D eigenvalue weighted by molar-refractivity contribution is 7.98. The third kappa shape index (κ3) is 5.97. The fourth-order valence-corrected chi connectivity index (χ4v) is 2.95. The summed E-state index contributed by atoms with van der Waals surface area (Å²) in [6.07, 6.45) is 2.48. The lowest BCUT2D eigenvalue weighted by atomic mass is 10.1. The van der Waals surface area contributed by atoms with Gasteiger partial charge in [0, 0.05) is 16.3 Å². The van der Waals surface area contributed by atoms with Crippen LogP contribution in [0.15, 0.2) is 48.5 Å². The van der Waals surface area contributed by atoms with Crippen LogP contribution in [-0.2, 0) is 4.79 Å². The minimum absolute atomic E-state index is 0.275. The minimum Gasteiger partial charge on any atom is -0.497 e. The number of anilines is 1. The molecule has 0 aromatic heterocycles. The van der Waals surface area contributed by atoms with Crippen molar-refractivity contribution in [1.82, 2.24) is 5.32 Å². The topological polar surface area (TPSA) is 67.4 Å². The van der Waals surface area contributed by atoms with E-state index in [-0.39, 0.29) is 11.8 Å². The molecule has 2 aromatic carbocycles. The van der Waals surface area contributed by atoms with Gasteiger partial charge in [0.15, 0.2) is 0 Å². The molecule has 1 atom stereocenters. The van der Waals surface area contributed by atoms with Crippen molar-refractivity contribution < 1.29 is 14.3 Å². The van der Waals surface area contributed by atoms with Crippen molar-refractivity contribution >= 4 is 40.9 Å². The van der Waals surface area contributed by atoms with E-state index in [0.29, 0.717) is 28.4 Å². The van der Waals surface area contributed by atoms with Crippen LogP contribution < -0.4 is 15.4 Å². The Bertz CT molecular complexity index is 753. The molecule has 0 unspecified atom stereocenters. The van der Waals surface area contributed by atoms with Crippen molar-refractivity contribution in [1.29, 1.82) is 0 Å². The molecule has 2 aromatic rings. The van der Waals surface area contributed by atoms with Crippen molar-refractivity contribution in [2.24, 2.45) is 0 Å². The monoisotopic (exact) mass is 392 g/mol. The molecule has 0 aliphatic heterocycles. The van der Waals surface area contributed by atoms with Crippen LogP contribution in [0.25, 0.3) is 0 Å². The average molecular weight is 393 g/mol. The second-order valence-corrected chi connectivity index (χ2v) is 6.96. The van der Waals surface area contributed by atoms with Gasteiger partial charge in [0.05, 0.1) is 7.11 Å². The van der Waals surface area contributed by atoms with Gasteiger partial charge in [-0.3, -0.25) is 9.59 Å². The molecule has 138 valence electrons. The molecule has 0 spiro atoms. The maximum absolute atomic E-state index is 12.6. The first-order chi connectivity index (χ1) is 12.5. The number of nitrogens with one attached hydrogen (secondary N) is 2. The van der Waals surface area contributed by atoms with E-state index in [1.807, 2.05) is 6.26 Å². The summed E-state index contributed by atoms with van der Waals surface area (Å²) in [4.78, 5) is 25.1. The van der Waals surface area contributed by atoms with Gasteiger partial charge >= 0.3 is 0 Å². The summed E-state index contributed by atoms with van der Waals surface area (Å²) >= 11 is 7.56. The normalized spacial score (nSPS) is 11.5. The van der Waals surface area contributed by atoms with Gasteiger partial charge in [-0.25, -0.2) is 0 Å². The van der Waals surface area contributed by atoms with E-state index < -0.39 is 6.04 Å². The molecule has 0 aliphatic carbocycles. The molecule has 2 amide bonds. The van der Waals surface area contributed by atoms with Crippen LogP contribution >= 0.6 is 23.4 Å². The molecule has 7 heteroatoms. The highest BCUT2D eigenvalue weighted by Gasteiger charge is 2.21. The lowest BCUT2D eigenvalue weighted by Crippen LogP contribution is -2.44. The van der Waals surface area contributed by atoms with E-state index in [2.05, 4.69) is 10.6 Å². The molecule has 5 nitrogen and oxygen atoms in total. The van der Waals surface area contributed by atoms with Crippen molar-refractivity contribution in [3.8, 4) is 5.75 Å². The van der Waals surface area contributed by atoms with Gasteiger partial charge in [-0.15, -0.1) is 0 Å². The number of carbonyl (C=O) groups excluding carboxylic acids is 2. The van der Waals surface area contributed by atoms with Crippen LogP contribution in [0.1, 0.15) is 16.8 Å². The van der Waals surface area contributed by atoms with E-state index in [1.165, 1.54) is 0 Å². The molecule has 2 rings (SSSR count). The lowest BCUT2D eigenvalue weighted by Gasteiger charge is -2.18. The Hall–Kier alpha value is -2.18. The number of methoxy groups -OCH3 is 1. The Kier molecular flexibility index (Phi) is 7.81. The fourth-order valence-electron chi connectivity index (χ4n) is 2.28. The first kappa shape index (κ1) is 20.1. The fraction of sp³-hybridized carbons (Fsp3) is 0.263. The quantitative estimate of drug-likeness (QED) is 0.716. The summed E-state index contributed by atoms with van der Waals surface area (Å²) in [5, 5.41) is 6.13. The number of hydrogen-bond acceptors (Lipinski definition) is 4. The van der Waals surface area contributed by atoms with Gasteiger partial charge in [0.25, 0.3) is 5.91 Å². The van der Waals surface area contributed by atoms with Crippen LogP contribution in [0.3, 0.4) is 0 Å². The van der Waals surface area contributed by atoms with Gasteiger partial charge in [-0.05, 0) is 60.9 Å². The average Bonchev–Trinajstić information content (AvgIpc) is 2.65. The number of carbonyl (C=O) groups is 2. The number of hydrogen-bond donors (Lipinski definition) is 2. The summed E-state index contributed by atoms with van der Waals surface area (Å²) in [5.74, 6) is 0.832. The van der Waals surface area contributed by atoms with Gasteiger partial charge in [0.2, 0.25) is 5.91 Å². The maximum Gasteiger partial charge on any atom is 0.251 e. The van der Waals surface area contributed by atoms with Crippen LogP contribution in [0, 0.1) is 0 Å². The molecular weight excluding hydrogens is 372 g/mol. The van der Waals surface area contributed by atoms with E-state index >= 15 is 0 Å². The summed E-state index contributed by atoms with van der Waals surface area (Å²) < 4.78 is 5.09. The van der Waals surface area contributed by atoms with Gasteiger partial charge in [0.1, 0.15) is 11.8 Å². The highest BCUT2D eigenvalue weighted by atomic mass is 35.5. The Labute approximate surface area is 162 Å². The zero-order valence-corrected chi connectivity index (χ0v) is 16.2. The number of thioether (sulfide) groups is 1. The smallest absolute Gasteiger partial charge is 0.251 e. The molecule has 0 fully saturated rings. The highest BCUT2D eigenvalue weighted by Crippen LogP contribution is 2.16. The van der Waals surface area contributed by atoms with Crippen molar-refractivity contribution in [2.45, 2.75) is 12.5 Å². The second kappa shape index (κ2) is 10.1. The molecule has 0 aliphatic rings. The molecule has 0 saturated heterocycles. The summed E-state index contributed by atoms with van der Waals surface area (Å²) in [7, 11) is 1.56. The van der Waals surface area contributed by atoms with Crippen LogP contribution in [0.5, 0.6) is 5.75 Å². The first-order valence-electron chi connectivity index (χ1n) is 8.03. The molecule has 0 radical (unpaired) electrons. The van der Waals surface area contributed by atoms with E-state index in [1.54, 1.807) is 67.4 Å². The molecule has 26 heavy (non-hydrogen) atoms. The molecule has 0 heterocycles. The SMILES string of the molecule is COc1ccc(C(=O)N[C@@H](CCSC)C(=O)Nc2cccc(Cl)c2)cc1. The Morgan fingerprint density at radius 3 is 2.54 bits per heavy atom. The summed E-state index contributed by atoms with van der Waals surface area (Å²) in [5.41, 5.74) is 1.06. The minimum atomic E-state index is -0.643. The predicted molar refractivity (Wildman–Crippen MR) is 107 cm³/mol. The van der Waals surface area contributed by atoms with Crippen LogP contribution in [0.4, 0.5) is 5.69 Å². The number of halogens is 1. The van der Waals surface area contributed by atoms with E-state index in [4.69, 9.17) is 16.3 Å². The summed E-state index contributed by atoms with van der Waals surface area (Å²) in [6, 6.07) is 13.0. The van der Waals surface area contributed by atoms with Gasteiger partial charge in [-0.1, -0.05) is 17.7 Å². The van der Waals surface area contributed by atoms with Crippen LogP contribution in [-0.4, -0.2) is 37.0 Å².